The van der Waals surface area contributed by atoms with Gasteiger partial charge < -0.3 is 28.4 Å². The van der Waals surface area contributed by atoms with E-state index in [9.17, 15) is 24.0 Å². The molecule has 11 heteroatoms. The largest absolute Gasteiger partial charge is 0.490 e. The third kappa shape index (κ3) is 11.5. The van der Waals surface area contributed by atoms with E-state index < -0.39 is 29.8 Å². The molecule has 49 heavy (non-hydrogen) atoms. The molecule has 0 spiro atoms. The van der Waals surface area contributed by atoms with Crippen LogP contribution < -0.4 is 14.2 Å². The summed E-state index contributed by atoms with van der Waals surface area (Å²) in [6.07, 6.45) is 4.35. The van der Waals surface area contributed by atoms with Crippen LogP contribution in [0.15, 0.2) is 97.1 Å². The van der Waals surface area contributed by atoms with Crippen molar-refractivity contribution in [3.63, 3.8) is 0 Å². The van der Waals surface area contributed by atoms with E-state index in [0.29, 0.717) is 17.1 Å². The molecule has 0 unspecified atom stereocenters. The van der Waals surface area contributed by atoms with Crippen LogP contribution in [0.25, 0.3) is 11.1 Å². The first-order chi connectivity index (χ1) is 23.6. The Morgan fingerprint density at radius 1 is 0.633 bits per heavy atom. The fourth-order valence-electron chi connectivity index (χ4n) is 4.83. The highest BCUT2D eigenvalue weighted by molar-refractivity contribution is 5.95. The predicted molar refractivity (Wildman–Crippen MR) is 178 cm³/mol. The van der Waals surface area contributed by atoms with Crippen molar-refractivity contribution in [1.29, 1.82) is 0 Å². The van der Waals surface area contributed by atoms with Crippen molar-refractivity contribution in [2.75, 3.05) is 20.3 Å². The molecule has 0 N–H and O–H groups in total. The minimum atomic E-state index is -0.727. The third-order valence-electron chi connectivity index (χ3n) is 7.51. The fraction of sp³-hybridized carbons (Fsp3) is 0.289. The lowest BCUT2D eigenvalue weighted by molar-refractivity contribution is -0.151. The first-order valence-electron chi connectivity index (χ1n) is 15.8. The SMILES string of the molecule is C=C(CC(=O)OC1CCCCC1)C(=O)OCCOc1ccc(OC(=O)c2ccc(-c3ccc(OC(=O)C(=C)CC(=O)OC)cc3)cc2)cc1. The quantitative estimate of drug-likeness (QED) is 0.0588. The molecule has 0 bridgehead atoms. The first-order valence-corrected chi connectivity index (χ1v) is 15.8. The van der Waals surface area contributed by atoms with Crippen LogP contribution in [-0.2, 0) is 33.4 Å². The lowest BCUT2D eigenvalue weighted by Gasteiger charge is -2.21. The Morgan fingerprint density at radius 3 is 1.80 bits per heavy atom. The molecule has 4 rings (SSSR count). The van der Waals surface area contributed by atoms with Gasteiger partial charge in [-0.1, -0.05) is 43.8 Å². The zero-order valence-electron chi connectivity index (χ0n) is 27.3. The van der Waals surface area contributed by atoms with Gasteiger partial charge in [-0.2, -0.15) is 0 Å². The number of hydrogen-bond acceptors (Lipinski definition) is 11. The normalized spacial score (nSPS) is 12.6. The Kier molecular flexibility index (Phi) is 13.3. The smallest absolute Gasteiger partial charge is 0.343 e. The molecule has 0 atom stereocenters. The lowest BCUT2D eigenvalue weighted by Crippen LogP contribution is -2.22. The topological polar surface area (TPSA) is 141 Å². The Labute approximate surface area is 284 Å². The average Bonchev–Trinajstić information content (AvgIpc) is 3.11. The summed E-state index contributed by atoms with van der Waals surface area (Å²) in [6.45, 7) is 7.21. The van der Waals surface area contributed by atoms with Gasteiger partial charge in [0.25, 0.3) is 0 Å². The molecule has 0 heterocycles. The van der Waals surface area contributed by atoms with Crippen molar-refractivity contribution in [2.45, 2.75) is 51.0 Å². The first kappa shape index (κ1) is 36.1. The van der Waals surface area contributed by atoms with Crippen molar-refractivity contribution in [3.05, 3.63) is 103 Å². The molecule has 1 aliphatic carbocycles. The van der Waals surface area contributed by atoms with Crippen LogP contribution in [0.4, 0.5) is 0 Å². The van der Waals surface area contributed by atoms with Gasteiger partial charge in [-0.05, 0) is 85.3 Å². The second-order valence-electron chi connectivity index (χ2n) is 11.2. The lowest BCUT2D eigenvalue weighted by atomic mass is 9.98. The minimum Gasteiger partial charge on any atom is -0.490 e. The second kappa shape index (κ2) is 18.0. The molecule has 0 aromatic heterocycles. The van der Waals surface area contributed by atoms with Gasteiger partial charge in [-0.15, -0.1) is 0 Å². The van der Waals surface area contributed by atoms with E-state index in [4.69, 9.17) is 23.7 Å². The minimum absolute atomic E-state index is 0.0208. The van der Waals surface area contributed by atoms with Crippen LogP contribution in [0, 0.1) is 0 Å². The highest BCUT2D eigenvalue weighted by Crippen LogP contribution is 2.25. The van der Waals surface area contributed by atoms with Gasteiger partial charge in [0.2, 0.25) is 0 Å². The molecule has 256 valence electrons. The zero-order valence-corrected chi connectivity index (χ0v) is 27.3. The molecule has 0 radical (unpaired) electrons. The van der Waals surface area contributed by atoms with E-state index in [1.165, 1.54) is 7.11 Å². The summed E-state index contributed by atoms with van der Waals surface area (Å²) in [4.78, 5) is 60.4. The Bertz CT molecular complexity index is 1650. The molecule has 1 aliphatic rings. The number of ether oxygens (including phenoxy) is 6. The average molecular weight is 671 g/mol. The van der Waals surface area contributed by atoms with E-state index in [2.05, 4.69) is 17.9 Å². The predicted octanol–water partition coefficient (Wildman–Crippen LogP) is 6.34. The van der Waals surface area contributed by atoms with Gasteiger partial charge in [0.15, 0.2) is 0 Å². The summed E-state index contributed by atoms with van der Waals surface area (Å²) >= 11 is 0. The van der Waals surface area contributed by atoms with Gasteiger partial charge >= 0.3 is 29.8 Å². The van der Waals surface area contributed by atoms with Crippen LogP contribution in [0.3, 0.4) is 0 Å². The monoisotopic (exact) mass is 670 g/mol. The van der Waals surface area contributed by atoms with Crippen LogP contribution in [-0.4, -0.2) is 56.3 Å². The number of esters is 5. The molecule has 11 nitrogen and oxygen atoms in total. The Balaban J connectivity index is 1.17. The summed E-state index contributed by atoms with van der Waals surface area (Å²) < 4.78 is 31.4. The van der Waals surface area contributed by atoms with Crippen molar-refractivity contribution in [3.8, 4) is 28.4 Å². The summed E-state index contributed by atoms with van der Waals surface area (Å²) in [5, 5.41) is 0. The van der Waals surface area contributed by atoms with E-state index in [1.807, 2.05) is 0 Å². The third-order valence-corrected chi connectivity index (χ3v) is 7.51. The Hall–Kier alpha value is -5.71. The molecule has 3 aromatic rings. The number of carbonyl (C=O) groups is 5. The maximum absolute atomic E-state index is 12.7. The van der Waals surface area contributed by atoms with Crippen molar-refractivity contribution in [1.82, 2.24) is 0 Å². The molecular formula is C38H38O11. The van der Waals surface area contributed by atoms with E-state index in [0.717, 1.165) is 43.2 Å². The van der Waals surface area contributed by atoms with Crippen LogP contribution in [0.2, 0.25) is 0 Å². The van der Waals surface area contributed by atoms with E-state index in [1.54, 1.807) is 72.8 Å². The number of rotatable bonds is 15. The van der Waals surface area contributed by atoms with Gasteiger partial charge in [0, 0.05) is 11.1 Å². The van der Waals surface area contributed by atoms with Gasteiger partial charge in [0.05, 0.1) is 25.5 Å². The molecule has 3 aromatic carbocycles. The van der Waals surface area contributed by atoms with Gasteiger partial charge in [0.1, 0.15) is 36.6 Å². The molecule has 0 aliphatic heterocycles. The molecule has 0 amide bonds. The van der Waals surface area contributed by atoms with Crippen molar-refractivity contribution in [2.24, 2.45) is 0 Å². The van der Waals surface area contributed by atoms with Gasteiger partial charge in [-0.25, -0.2) is 14.4 Å². The number of carbonyl (C=O) groups excluding carboxylic acids is 5. The highest BCUT2D eigenvalue weighted by Gasteiger charge is 2.20. The fourth-order valence-corrected chi connectivity index (χ4v) is 4.83. The van der Waals surface area contributed by atoms with Crippen LogP contribution in [0.1, 0.15) is 55.3 Å². The van der Waals surface area contributed by atoms with Crippen LogP contribution >= 0.6 is 0 Å². The maximum Gasteiger partial charge on any atom is 0.343 e. The summed E-state index contributed by atoms with van der Waals surface area (Å²) in [7, 11) is 1.22. The zero-order chi connectivity index (χ0) is 35.2. The number of methoxy groups -OCH3 is 1. The van der Waals surface area contributed by atoms with Gasteiger partial charge in [-0.3, -0.25) is 9.59 Å². The molecule has 0 saturated heterocycles. The van der Waals surface area contributed by atoms with Crippen LogP contribution in [0.5, 0.6) is 17.2 Å². The Morgan fingerprint density at radius 2 is 1.16 bits per heavy atom. The highest BCUT2D eigenvalue weighted by atomic mass is 16.6. The summed E-state index contributed by atoms with van der Waals surface area (Å²) in [5.74, 6) is -1.96. The molecular weight excluding hydrogens is 632 g/mol. The molecule has 1 fully saturated rings. The summed E-state index contributed by atoms with van der Waals surface area (Å²) in [6, 6.07) is 19.9. The van der Waals surface area contributed by atoms with Crippen molar-refractivity contribution < 1.29 is 52.4 Å². The maximum atomic E-state index is 12.7. The van der Waals surface area contributed by atoms with Crippen molar-refractivity contribution >= 4 is 29.8 Å². The van der Waals surface area contributed by atoms with E-state index >= 15 is 0 Å². The number of hydrogen-bond donors (Lipinski definition) is 0. The summed E-state index contributed by atoms with van der Waals surface area (Å²) in [5.41, 5.74) is 1.98. The van der Waals surface area contributed by atoms with E-state index in [-0.39, 0.29) is 49.1 Å². The second-order valence-corrected chi connectivity index (χ2v) is 11.2. The molecule has 1 saturated carbocycles. The number of benzene rings is 3. The standard InChI is InChI=1S/C38H38O11/c1-25(24-35(40)47-31-7-5-4-6-8-31)36(41)46-22-21-45-30-17-19-33(20-18-30)49-38(43)29-11-9-27(10-12-29)28-13-15-32(16-14-28)48-37(42)26(2)23-34(39)44-3/h9-20,31H,1-2,4-8,21-24H2,3H3.